The second kappa shape index (κ2) is 9.95. The van der Waals surface area contributed by atoms with E-state index in [0.717, 1.165) is 24.8 Å². The summed E-state index contributed by atoms with van der Waals surface area (Å²) in [6, 6.07) is 0. The van der Waals surface area contributed by atoms with Crippen molar-refractivity contribution in [2.24, 2.45) is 11.8 Å². The van der Waals surface area contributed by atoms with Crippen molar-refractivity contribution < 1.29 is 23.8 Å². The van der Waals surface area contributed by atoms with Gasteiger partial charge in [-0.1, -0.05) is 25.7 Å². The molecule has 0 aromatic rings. The van der Waals surface area contributed by atoms with Gasteiger partial charge < -0.3 is 14.2 Å². The zero-order valence-corrected chi connectivity index (χ0v) is 19.6. The first kappa shape index (κ1) is 24.4. The molecule has 1 saturated carbocycles. The van der Waals surface area contributed by atoms with E-state index in [9.17, 15) is 9.59 Å². The molecule has 0 radical (unpaired) electrons. The molecule has 5 nitrogen and oxygen atoms in total. The maximum Gasteiger partial charge on any atom is 0.333 e. The van der Waals surface area contributed by atoms with Crippen molar-refractivity contribution in [1.29, 1.82) is 0 Å². The lowest BCUT2D eigenvalue weighted by molar-refractivity contribution is -0.151. The fraction of sp³-hybridized carbons (Fsp3) is 0.680. The highest BCUT2D eigenvalue weighted by Crippen LogP contribution is 2.43. The van der Waals surface area contributed by atoms with Crippen molar-refractivity contribution in [3.05, 3.63) is 35.5 Å². The van der Waals surface area contributed by atoms with Crippen LogP contribution < -0.4 is 0 Å². The summed E-state index contributed by atoms with van der Waals surface area (Å²) in [6.45, 7) is 17.7. The van der Waals surface area contributed by atoms with Crippen LogP contribution >= 0.6 is 0 Å². The SMILES string of the molecule is C=C([C@@H](C[C@H]1OC1(C)C)OC(=O)/C(C)=C/C)[C@@H]1CC[C@@H](C)C[C@H]1OC(=O)/C(C)=C/C. The smallest absolute Gasteiger partial charge is 0.333 e. The largest absolute Gasteiger partial charge is 0.458 e. The number of allylic oxidation sites excluding steroid dienone is 2. The van der Waals surface area contributed by atoms with Crippen molar-refractivity contribution in [2.75, 3.05) is 0 Å². The number of carbonyl (C=O) groups excluding carboxylic acids is 2. The number of hydrogen-bond acceptors (Lipinski definition) is 5. The van der Waals surface area contributed by atoms with Gasteiger partial charge in [0.1, 0.15) is 12.2 Å². The first-order valence-corrected chi connectivity index (χ1v) is 11.0. The van der Waals surface area contributed by atoms with Crippen LogP contribution in [0.1, 0.15) is 74.1 Å². The van der Waals surface area contributed by atoms with Gasteiger partial charge in [0.25, 0.3) is 0 Å². The van der Waals surface area contributed by atoms with Gasteiger partial charge in [-0.05, 0) is 72.3 Å². The molecule has 2 aliphatic rings. The maximum atomic E-state index is 12.5. The van der Waals surface area contributed by atoms with Crippen LogP contribution in [-0.2, 0) is 23.8 Å². The molecular formula is C25H38O5. The third-order valence-electron chi connectivity index (χ3n) is 6.55. The zero-order chi connectivity index (χ0) is 22.6. The Hall–Kier alpha value is -1.88. The van der Waals surface area contributed by atoms with Gasteiger partial charge in [-0.3, -0.25) is 0 Å². The fourth-order valence-electron chi connectivity index (χ4n) is 3.94. The molecular weight excluding hydrogens is 380 g/mol. The van der Waals surface area contributed by atoms with E-state index in [1.165, 1.54) is 0 Å². The van der Waals surface area contributed by atoms with Crippen LogP contribution in [0.3, 0.4) is 0 Å². The average Bonchev–Trinajstić information content (AvgIpc) is 3.31. The minimum atomic E-state index is -0.471. The number of epoxide rings is 1. The van der Waals surface area contributed by atoms with E-state index in [1.807, 2.05) is 27.7 Å². The Morgan fingerprint density at radius 3 is 2.23 bits per heavy atom. The Kier molecular flexibility index (Phi) is 8.09. The Bertz CT molecular complexity index is 730. The monoisotopic (exact) mass is 418 g/mol. The molecule has 2 fully saturated rings. The van der Waals surface area contributed by atoms with Crippen LogP contribution in [0.5, 0.6) is 0 Å². The molecule has 1 saturated heterocycles. The Morgan fingerprint density at radius 2 is 1.70 bits per heavy atom. The molecule has 30 heavy (non-hydrogen) atoms. The van der Waals surface area contributed by atoms with E-state index in [1.54, 1.807) is 26.0 Å². The van der Waals surface area contributed by atoms with Gasteiger partial charge in [-0.15, -0.1) is 0 Å². The molecule has 0 amide bonds. The quantitative estimate of drug-likeness (QED) is 0.231. The lowest BCUT2D eigenvalue weighted by atomic mass is 9.75. The summed E-state index contributed by atoms with van der Waals surface area (Å²) >= 11 is 0. The first-order chi connectivity index (χ1) is 14.0. The molecule has 0 N–H and O–H groups in total. The van der Waals surface area contributed by atoms with Crippen LogP contribution in [0.25, 0.3) is 0 Å². The Balaban J connectivity index is 2.21. The number of ether oxygens (including phenoxy) is 3. The van der Waals surface area contributed by atoms with Gasteiger partial charge in [-0.25, -0.2) is 9.59 Å². The predicted octanol–water partition coefficient (Wildman–Crippen LogP) is 5.30. The van der Waals surface area contributed by atoms with Gasteiger partial charge in [0, 0.05) is 23.5 Å². The number of rotatable bonds is 8. The normalized spacial score (nSPS) is 29.7. The predicted molar refractivity (Wildman–Crippen MR) is 118 cm³/mol. The highest BCUT2D eigenvalue weighted by atomic mass is 16.6. The number of hydrogen-bond donors (Lipinski definition) is 0. The van der Waals surface area contributed by atoms with Crippen LogP contribution in [-0.4, -0.2) is 35.9 Å². The van der Waals surface area contributed by atoms with Gasteiger partial charge in [0.15, 0.2) is 0 Å². The van der Waals surface area contributed by atoms with Crippen LogP contribution in [0.4, 0.5) is 0 Å². The highest BCUT2D eigenvalue weighted by Gasteiger charge is 2.50. The minimum absolute atomic E-state index is 0.0201. The molecule has 0 aromatic heterocycles. The molecule has 1 heterocycles. The van der Waals surface area contributed by atoms with Gasteiger partial charge in [0.2, 0.25) is 0 Å². The summed E-state index contributed by atoms with van der Waals surface area (Å²) in [5.74, 6) is -0.209. The molecule has 0 spiro atoms. The Morgan fingerprint density at radius 1 is 1.13 bits per heavy atom. The third kappa shape index (κ3) is 6.07. The lowest BCUT2D eigenvalue weighted by Gasteiger charge is -2.37. The van der Waals surface area contributed by atoms with E-state index < -0.39 is 6.10 Å². The van der Waals surface area contributed by atoms with Crippen molar-refractivity contribution in [2.45, 2.75) is 98.1 Å². The van der Waals surface area contributed by atoms with E-state index in [-0.39, 0.29) is 35.7 Å². The molecule has 1 aliphatic carbocycles. The second-order valence-corrected chi connectivity index (χ2v) is 9.33. The number of esters is 2. The minimum Gasteiger partial charge on any atom is -0.458 e. The Labute approximate surface area is 181 Å². The molecule has 5 atom stereocenters. The summed E-state index contributed by atoms with van der Waals surface area (Å²) < 4.78 is 17.5. The molecule has 2 rings (SSSR count). The summed E-state index contributed by atoms with van der Waals surface area (Å²) in [5, 5.41) is 0. The third-order valence-corrected chi connectivity index (χ3v) is 6.55. The summed E-state index contributed by atoms with van der Waals surface area (Å²) in [7, 11) is 0. The molecule has 0 bridgehead atoms. The van der Waals surface area contributed by atoms with E-state index in [2.05, 4.69) is 13.5 Å². The maximum absolute atomic E-state index is 12.5. The van der Waals surface area contributed by atoms with E-state index in [0.29, 0.717) is 23.5 Å². The second-order valence-electron chi connectivity index (χ2n) is 9.33. The molecule has 1 aliphatic heterocycles. The van der Waals surface area contributed by atoms with Crippen molar-refractivity contribution in [3.63, 3.8) is 0 Å². The van der Waals surface area contributed by atoms with Crippen molar-refractivity contribution >= 4 is 11.9 Å². The standard InChI is InChI=1S/C25H38O5/c1-9-16(4)23(26)28-20(14-22-25(7,8)30-22)18(6)19-12-11-15(3)13-21(19)29-24(27)17(5)10-2/h9-10,15,19-22H,6,11-14H2,1-5,7-8H3/b16-9+,17-10+/t15-,19+,20-,21-,22-/m1/s1. The van der Waals surface area contributed by atoms with Gasteiger partial charge in [-0.2, -0.15) is 0 Å². The highest BCUT2D eigenvalue weighted by molar-refractivity contribution is 5.88. The molecule has 168 valence electrons. The van der Waals surface area contributed by atoms with Crippen LogP contribution in [0.2, 0.25) is 0 Å². The van der Waals surface area contributed by atoms with Gasteiger partial charge >= 0.3 is 11.9 Å². The fourth-order valence-corrected chi connectivity index (χ4v) is 3.94. The first-order valence-electron chi connectivity index (χ1n) is 11.0. The van der Waals surface area contributed by atoms with E-state index >= 15 is 0 Å². The molecule has 5 heteroatoms. The average molecular weight is 419 g/mol. The summed E-state index contributed by atoms with van der Waals surface area (Å²) in [5.41, 5.74) is 1.77. The van der Waals surface area contributed by atoms with Crippen molar-refractivity contribution in [1.82, 2.24) is 0 Å². The summed E-state index contributed by atoms with van der Waals surface area (Å²) in [6.07, 6.45) is 6.02. The molecule has 0 aromatic carbocycles. The number of carbonyl (C=O) groups is 2. The lowest BCUT2D eigenvalue weighted by Crippen LogP contribution is -2.38. The van der Waals surface area contributed by atoms with Crippen LogP contribution in [0, 0.1) is 11.8 Å². The van der Waals surface area contributed by atoms with Crippen molar-refractivity contribution in [3.8, 4) is 0 Å². The van der Waals surface area contributed by atoms with Gasteiger partial charge in [0.05, 0.1) is 11.7 Å². The zero-order valence-electron chi connectivity index (χ0n) is 19.6. The molecule has 0 unspecified atom stereocenters. The topological polar surface area (TPSA) is 65.1 Å². The van der Waals surface area contributed by atoms with E-state index in [4.69, 9.17) is 14.2 Å². The summed E-state index contributed by atoms with van der Waals surface area (Å²) in [4.78, 5) is 24.9. The van der Waals surface area contributed by atoms with Crippen LogP contribution in [0.15, 0.2) is 35.5 Å².